The van der Waals surface area contributed by atoms with Crippen LogP contribution in [0.5, 0.6) is 0 Å². The SMILES string of the molecule is CSCC[C@@H](NC(=O)[C@H](CC(C)C)NC(=O)[C@@H](Cc1c[nH]c2ccccc12)NC(=O)[C@H](Cc1ccccc1)NC(=O)[C@@H](Cc1c[nH]c2ccccc12)NC(=O)[C@H](CCC(N)=O)NC(=O)[C@H](CCC(N)=O)NC(=O)[C@@H]1CCCN1C(=O)[C@H](CCCCN)NC(=O)[C@@H]1CCCN1C(=O)[C@@H](N)CCCN=C(N)N)C(=O)O. The number of aliphatic carboxylic acids is 1. The van der Waals surface area contributed by atoms with Gasteiger partial charge in [-0.15, -0.1) is 0 Å². The second kappa shape index (κ2) is 42.1. The first-order valence-corrected chi connectivity index (χ1v) is 38.0. The molecule has 2 aliphatic rings. The van der Waals surface area contributed by atoms with Crippen molar-refractivity contribution in [3.8, 4) is 0 Å². The molecule has 11 atom stereocenters. The molecule has 34 heteroatoms. The zero-order chi connectivity index (χ0) is 78.6. The van der Waals surface area contributed by atoms with E-state index >= 15 is 14.4 Å². The van der Waals surface area contributed by atoms with E-state index in [9.17, 15) is 53.1 Å². The third-order valence-corrected chi connectivity index (χ3v) is 19.7. The lowest BCUT2D eigenvalue weighted by molar-refractivity contribution is -0.144. The lowest BCUT2D eigenvalue weighted by Gasteiger charge is -2.32. The average Bonchev–Trinajstić information content (AvgIpc) is 1.65. The van der Waals surface area contributed by atoms with Crippen molar-refractivity contribution in [2.75, 3.05) is 38.2 Å². The fourth-order valence-electron chi connectivity index (χ4n) is 13.4. The summed E-state index contributed by atoms with van der Waals surface area (Å²) in [4.78, 5) is 197. The number of fused-ring (bicyclic) bond motifs is 2. The second-order valence-corrected chi connectivity index (χ2v) is 28.8. The zero-order valence-corrected chi connectivity index (χ0v) is 62.1. The topological polar surface area (TPSA) is 545 Å². The van der Waals surface area contributed by atoms with Crippen LogP contribution < -0.4 is 76.9 Å². The molecule has 108 heavy (non-hydrogen) atoms. The van der Waals surface area contributed by atoms with Crippen LogP contribution in [0, 0.1) is 5.92 Å². The largest absolute Gasteiger partial charge is 0.480 e. The summed E-state index contributed by atoms with van der Waals surface area (Å²) in [5.41, 5.74) is 37.3. The highest BCUT2D eigenvalue weighted by Crippen LogP contribution is 2.26. The van der Waals surface area contributed by atoms with Crippen molar-refractivity contribution in [2.24, 2.45) is 45.3 Å². The average molecular weight is 1520 g/mol. The first-order chi connectivity index (χ1) is 51.7. The van der Waals surface area contributed by atoms with Crippen molar-refractivity contribution in [3.63, 3.8) is 0 Å². The maximum atomic E-state index is 15.4. The fraction of sp³-hybridized carbons (Fsp3) is 0.514. The third kappa shape index (κ3) is 25.3. The Labute approximate surface area is 630 Å². The summed E-state index contributed by atoms with van der Waals surface area (Å²) in [7, 11) is 0. The van der Waals surface area contributed by atoms with Crippen LogP contribution in [0.25, 0.3) is 21.8 Å². The number of hydrogen-bond acceptors (Lipinski definition) is 17. The van der Waals surface area contributed by atoms with E-state index in [1.54, 1.807) is 79.3 Å². The minimum absolute atomic E-state index is 0.0586. The molecule has 5 aromatic rings. The number of guanidine groups is 1. The molecular weight excluding hydrogens is 1410 g/mol. The maximum absolute atomic E-state index is 15.4. The molecule has 0 radical (unpaired) electrons. The molecule has 0 saturated carbocycles. The maximum Gasteiger partial charge on any atom is 0.326 e. The van der Waals surface area contributed by atoms with Crippen LogP contribution in [0.3, 0.4) is 0 Å². The Morgan fingerprint density at radius 3 is 1.45 bits per heavy atom. The number of para-hydroxylation sites is 2. The number of amides is 12. The van der Waals surface area contributed by atoms with Gasteiger partial charge < -0.3 is 102 Å². The number of aromatic nitrogens is 2. The Morgan fingerprint density at radius 2 is 0.963 bits per heavy atom. The number of H-pyrrole nitrogens is 2. The van der Waals surface area contributed by atoms with Gasteiger partial charge in [0.1, 0.15) is 60.4 Å². The van der Waals surface area contributed by atoms with Crippen LogP contribution in [0.1, 0.15) is 127 Å². The number of likely N-dealkylation sites (tertiary alicyclic amines) is 2. The van der Waals surface area contributed by atoms with E-state index in [1.807, 2.05) is 32.0 Å². The first-order valence-electron chi connectivity index (χ1n) is 36.6. The number of thioether (sulfide) groups is 1. The van der Waals surface area contributed by atoms with Gasteiger partial charge in [-0.3, -0.25) is 62.5 Å². The molecule has 0 aliphatic carbocycles. The normalized spacial score (nSPS) is 16.6. The fourth-order valence-corrected chi connectivity index (χ4v) is 13.9. The Bertz CT molecular complexity index is 3980. The van der Waals surface area contributed by atoms with E-state index in [4.69, 9.17) is 34.4 Å². The summed E-state index contributed by atoms with van der Waals surface area (Å²) >= 11 is 1.40. The molecule has 2 aliphatic heterocycles. The highest BCUT2D eigenvalue weighted by molar-refractivity contribution is 7.98. The Kier molecular flexibility index (Phi) is 33.0. The van der Waals surface area contributed by atoms with Crippen LogP contribution in [0.15, 0.2) is 96.2 Å². The molecule has 4 heterocycles. The summed E-state index contributed by atoms with van der Waals surface area (Å²) in [6, 6.07) is 8.23. The third-order valence-electron chi connectivity index (χ3n) is 19.1. The number of nitrogens with two attached hydrogens (primary N) is 6. The molecule has 586 valence electrons. The van der Waals surface area contributed by atoms with Crippen LogP contribution in [-0.2, 0) is 81.6 Å². The molecule has 0 bridgehead atoms. The monoisotopic (exact) mass is 1520 g/mol. The van der Waals surface area contributed by atoms with Gasteiger partial charge in [-0.05, 0) is 137 Å². The number of hydrogen-bond donors (Lipinski definition) is 17. The number of primary amides is 2. The van der Waals surface area contributed by atoms with Crippen molar-refractivity contribution >= 4 is 116 Å². The number of aliphatic imine (C=N–C) groups is 1. The highest BCUT2D eigenvalue weighted by atomic mass is 32.2. The summed E-state index contributed by atoms with van der Waals surface area (Å²) in [6.07, 6.45) is 5.66. The summed E-state index contributed by atoms with van der Waals surface area (Å²) in [5, 5.41) is 33.3. The first kappa shape index (κ1) is 84.6. The van der Waals surface area contributed by atoms with Gasteiger partial charge in [-0.25, -0.2) is 4.79 Å². The van der Waals surface area contributed by atoms with E-state index in [1.165, 1.54) is 21.6 Å². The minimum Gasteiger partial charge on any atom is -0.480 e. The standard InChI is InChI=1S/C74H105N19O14S/c1-42(2)36-55(65(98)87-54(73(106)107)30-35-108-3)88-67(100)58(39-45-41-83-50-22-10-8-19-47(45)50)91-66(99)56(37-43-16-5-4-6-17-43)89-68(101)57(38-44-40-82-49-21-9-7-18-46(44)49)90-64(97)51(26-28-61(77)94)84-63(96)52(27-29-62(78)95)85-69(102)60-25-15-34-93(60)72(105)53(23-11-12-31-75)86-70(103)59-24-14-33-92(59)71(104)48(76)20-13-32-81-74(79)80/h4-10,16-19,21-22,40-42,48,51-60,82-83H,11-15,20,23-39,75-76H2,1-3H3,(H2,77,94)(H2,78,95)(H,84,96)(H,85,102)(H,86,103)(H,87,98)(H,88,100)(H,89,101)(H,90,97)(H,91,99)(H,106,107)(H4,79,80,81)/t48-,51-,52-,53-,54+,55-,56-,57+,58+,59-,60-/m0/s1. The summed E-state index contributed by atoms with van der Waals surface area (Å²) in [5.74, 6) is -10.8. The molecule has 7 rings (SSSR count). The van der Waals surface area contributed by atoms with Gasteiger partial charge in [-0.2, -0.15) is 11.8 Å². The van der Waals surface area contributed by atoms with Gasteiger partial charge in [0.05, 0.1) is 6.04 Å². The van der Waals surface area contributed by atoms with Crippen LogP contribution in [0.4, 0.5) is 0 Å². The Morgan fingerprint density at radius 1 is 0.519 bits per heavy atom. The Balaban J connectivity index is 1.15. The van der Waals surface area contributed by atoms with E-state index in [2.05, 4.69) is 57.5 Å². The van der Waals surface area contributed by atoms with Crippen molar-refractivity contribution < 1.29 is 67.4 Å². The lowest BCUT2D eigenvalue weighted by Crippen LogP contribution is -2.61. The summed E-state index contributed by atoms with van der Waals surface area (Å²) < 4.78 is 0. The van der Waals surface area contributed by atoms with Gasteiger partial charge >= 0.3 is 5.97 Å². The van der Waals surface area contributed by atoms with Crippen LogP contribution >= 0.6 is 11.8 Å². The molecule has 23 N–H and O–H groups in total. The van der Waals surface area contributed by atoms with Gasteiger partial charge in [0.15, 0.2) is 5.96 Å². The molecule has 2 saturated heterocycles. The highest BCUT2D eigenvalue weighted by Gasteiger charge is 2.43. The number of carbonyl (C=O) groups excluding carboxylic acids is 12. The number of carbonyl (C=O) groups is 13. The number of carboxylic acids is 1. The van der Waals surface area contributed by atoms with Gasteiger partial charge in [-0.1, -0.05) is 80.6 Å². The van der Waals surface area contributed by atoms with E-state index < -0.39 is 169 Å². The smallest absolute Gasteiger partial charge is 0.326 e. The molecule has 2 aromatic heterocycles. The molecule has 0 spiro atoms. The van der Waals surface area contributed by atoms with Gasteiger partial charge in [0.2, 0.25) is 70.9 Å². The molecule has 12 amide bonds. The van der Waals surface area contributed by atoms with E-state index in [-0.39, 0.29) is 89.4 Å². The number of nitrogens with zero attached hydrogens (tertiary/aromatic N) is 3. The molecule has 0 unspecified atom stereocenters. The molecule has 2 fully saturated rings. The van der Waals surface area contributed by atoms with Crippen molar-refractivity contribution in [2.45, 2.75) is 196 Å². The number of carboxylic acid groups (broad SMARTS) is 1. The van der Waals surface area contributed by atoms with Gasteiger partial charge in [0.25, 0.3) is 0 Å². The summed E-state index contributed by atoms with van der Waals surface area (Å²) in [6.45, 7) is 4.46. The number of benzene rings is 3. The predicted octanol–water partition coefficient (Wildman–Crippen LogP) is -0.538. The van der Waals surface area contributed by atoms with E-state index in [0.717, 1.165) is 10.9 Å². The van der Waals surface area contributed by atoms with Crippen LogP contribution in [0.2, 0.25) is 0 Å². The number of aromatic amines is 2. The van der Waals surface area contributed by atoms with Crippen molar-refractivity contribution in [1.29, 1.82) is 0 Å². The molecule has 3 aromatic carbocycles. The zero-order valence-electron chi connectivity index (χ0n) is 61.3. The second-order valence-electron chi connectivity index (χ2n) is 27.8. The molecular formula is C74H105N19O14S. The van der Waals surface area contributed by atoms with Crippen molar-refractivity contribution in [3.05, 3.63) is 108 Å². The number of nitrogens with one attached hydrogen (secondary N) is 10. The number of unbranched alkanes of at least 4 members (excludes halogenated alkanes) is 1. The molecule has 33 nitrogen and oxygen atoms in total. The Hall–Kier alpha value is -10.6. The minimum atomic E-state index is -1.70. The quantitative estimate of drug-likeness (QED) is 0.0132. The van der Waals surface area contributed by atoms with Crippen molar-refractivity contribution in [1.82, 2.24) is 62.3 Å². The van der Waals surface area contributed by atoms with Gasteiger partial charge in [0, 0.05) is 85.9 Å². The number of rotatable bonds is 44. The van der Waals surface area contributed by atoms with E-state index in [0.29, 0.717) is 71.9 Å². The lowest BCUT2D eigenvalue weighted by atomic mass is 9.99. The van der Waals surface area contributed by atoms with Crippen LogP contribution in [-0.4, -0.2) is 212 Å². The predicted molar refractivity (Wildman–Crippen MR) is 407 cm³/mol.